The zero-order valence-electron chi connectivity index (χ0n) is 17.7. The van der Waals surface area contributed by atoms with E-state index in [0.717, 1.165) is 25.7 Å². The Morgan fingerprint density at radius 1 is 0.577 bits per heavy atom. The van der Waals surface area contributed by atoms with E-state index in [1.165, 1.54) is 83.5 Å². The zero-order valence-corrected chi connectivity index (χ0v) is 20.1. The van der Waals surface area contributed by atoms with Crippen molar-refractivity contribution in [2.24, 2.45) is 0 Å². The van der Waals surface area contributed by atoms with Gasteiger partial charge in [0.25, 0.3) is 0 Å². The molecule has 0 aliphatic heterocycles. The van der Waals surface area contributed by atoms with Crippen LogP contribution in [-0.2, 0) is 31.0 Å². The van der Waals surface area contributed by atoms with Crippen molar-refractivity contribution >= 4 is 5.97 Å². The van der Waals surface area contributed by atoms with E-state index >= 15 is 0 Å². The quantitative estimate of drug-likeness (QED) is 0.273. The summed E-state index contributed by atoms with van der Waals surface area (Å²) >= 11 is 0. The molecule has 0 unspecified atom stereocenters. The van der Waals surface area contributed by atoms with E-state index in [1.807, 2.05) is 6.92 Å². The molecule has 0 N–H and O–H groups in total. The summed E-state index contributed by atoms with van der Waals surface area (Å²) in [4.78, 5) is 10.2. The molecule has 0 rings (SSSR count). The molecule has 26 heavy (non-hydrogen) atoms. The van der Waals surface area contributed by atoms with Gasteiger partial charge in [0.2, 0.25) is 0 Å². The molecule has 154 valence electrons. The van der Waals surface area contributed by atoms with Crippen LogP contribution in [0.2, 0.25) is 0 Å². The maximum absolute atomic E-state index is 10.2. The van der Waals surface area contributed by atoms with Crippen molar-refractivity contribution in [3.63, 3.8) is 0 Å². The van der Waals surface area contributed by atoms with Gasteiger partial charge in [-0.1, -0.05) is 117 Å². The van der Waals surface area contributed by atoms with E-state index in [-0.39, 0.29) is 39.2 Å². The molecule has 0 aliphatic carbocycles. The minimum atomic E-state index is -0.903. The maximum atomic E-state index is 10.2. The number of rotatable bonds is 18. The minimum absolute atomic E-state index is 0. The number of aliphatic carboxylic acids is 1. The number of carboxylic acid groups (broad SMARTS) is 1. The molecule has 0 spiro atoms. The largest absolute Gasteiger partial charge is 2.00 e. The van der Waals surface area contributed by atoms with Crippen LogP contribution in [0.15, 0.2) is 0 Å². The van der Waals surface area contributed by atoms with Crippen LogP contribution in [0, 0.1) is 0 Å². The van der Waals surface area contributed by atoms with Gasteiger partial charge in [-0.15, -0.1) is 6.61 Å². The van der Waals surface area contributed by atoms with Crippen LogP contribution in [0.5, 0.6) is 0 Å². The van der Waals surface area contributed by atoms with Gasteiger partial charge in [0.15, 0.2) is 0 Å². The number of hydrogen-bond donors (Lipinski definition) is 0. The Morgan fingerprint density at radius 3 is 1.12 bits per heavy atom. The Balaban J connectivity index is -0.000000772. The average molecular weight is 448 g/mol. The molecular formula is C22H44O3Zr. The summed E-state index contributed by atoms with van der Waals surface area (Å²) in [6, 6.07) is 0. The van der Waals surface area contributed by atoms with Crippen LogP contribution in [0.4, 0.5) is 0 Å². The normalized spacial score (nSPS) is 9.96. The first-order valence-corrected chi connectivity index (χ1v) is 11.0. The fourth-order valence-corrected chi connectivity index (χ4v) is 2.78. The third-order valence-corrected chi connectivity index (χ3v) is 4.48. The maximum Gasteiger partial charge on any atom is 2.00 e. The second-order valence-electron chi connectivity index (χ2n) is 7.13. The third kappa shape index (κ3) is 35.4. The van der Waals surface area contributed by atoms with Crippen LogP contribution in [0.25, 0.3) is 0 Å². The molecule has 0 atom stereocenters. The van der Waals surface area contributed by atoms with Crippen LogP contribution in [0.3, 0.4) is 0 Å². The van der Waals surface area contributed by atoms with Gasteiger partial charge in [-0.05, 0) is 12.8 Å². The summed E-state index contributed by atoms with van der Waals surface area (Å²) in [5.41, 5.74) is 0. The Hall–Kier alpha value is 0.313. The second kappa shape index (κ2) is 30.1. The number of carbonyl (C=O) groups is 1. The number of unbranched alkanes of at least 4 members (excludes halogenated alkanes) is 15. The molecule has 0 bridgehead atoms. The van der Waals surface area contributed by atoms with Crippen LogP contribution >= 0.6 is 0 Å². The molecule has 0 aromatic heterocycles. The first-order valence-electron chi connectivity index (χ1n) is 11.0. The SMILES string of the molecule is CCCCCCCCCCCCCCCCCC(=O)[O-].CCCC[O-].[Zr+2]. The standard InChI is InChI=1S/C18H36O2.C4H9O.Zr/c1-2-3-4-5-6-7-8-9-10-11-12-13-14-15-16-17-18(19)20;1-2-3-4-5;/h2-17H2,1H3,(H,19,20);2-4H2,1H3;/q;-1;+2/p-1. The average Bonchev–Trinajstić information content (AvgIpc) is 2.59. The predicted molar refractivity (Wildman–Crippen MR) is 104 cm³/mol. The van der Waals surface area contributed by atoms with E-state index in [0.29, 0.717) is 0 Å². The Kier molecular flexibility index (Phi) is 35.9. The summed E-state index contributed by atoms with van der Waals surface area (Å²) in [7, 11) is 0. The van der Waals surface area contributed by atoms with Crippen molar-refractivity contribution in [3.05, 3.63) is 0 Å². The molecular weight excluding hydrogens is 403 g/mol. The van der Waals surface area contributed by atoms with Crippen molar-refractivity contribution < 1.29 is 41.2 Å². The van der Waals surface area contributed by atoms with Gasteiger partial charge in [0, 0.05) is 5.97 Å². The monoisotopic (exact) mass is 446 g/mol. The molecule has 0 saturated heterocycles. The third-order valence-electron chi connectivity index (χ3n) is 4.48. The fraction of sp³-hybridized carbons (Fsp3) is 0.955. The summed E-state index contributed by atoms with van der Waals surface area (Å²) in [5.74, 6) is -0.903. The van der Waals surface area contributed by atoms with Crippen molar-refractivity contribution in [2.45, 2.75) is 129 Å². The summed E-state index contributed by atoms with van der Waals surface area (Å²) in [6.45, 7) is 4.37. The van der Waals surface area contributed by atoms with E-state index in [9.17, 15) is 15.0 Å². The number of carbonyl (C=O) groups excluding carboxylic acids is 1. The summed E-state index contributed by atoms with van der Waals surface area (Å²) in [6.07, 6.45) is 21.7. The Bertz CT molecular complexity index is 246. The van der Waals surface area contributed by atoms with Gasteiger partial charge in [0.1, 0.15) is 0 Å². The van der Waals surface area contributed by atoms with Gasteiger partial charge in [-0.25, -0.2) is 0 Å². The summed E-state index contributed by atoms with van der Waals surface area (Å²) < 4.78 is 0. The smallest absolute Gasteiger partial charge is 0.854 e. The van der Waals surface area contributed by atoms with Crippen LogP contribution < -0.4 is 10.2 Å². The molecule has 0 amide bonds. The second-order valence-corrected chi connectivity index (χ2v) is 7.13. The first-order chi connectivity index (χ1) is 12.2. The van der Waals surface area contributed by atoms with Crippen molar-refractivity contribution in [2.75, 3.05) is 6.61 Å². The minimum Gasteiger partial charge on any atom is -0.854 e. The van der Waals surface area contributed by atoms with Gasteiger partial charge in [-0.3, -0.25) is 0 Å². The number of hydrogen-bond acceptors (Lipinski definition) is 3. The van der Waals surface area contributed by atoms with Crippen LogP contribution in [-0.4, -0.2) is 12.6 Å². The molecule has 0 radical (unpaired) electrons. The van der Waals surface area contributed by atoms with E-state index in [2.05, 4.69) is 6.92 Å². The van der Waals surface area contributed by atoms with Crippen molar-refractivity contribution in [1.29, 1.82) is 0 Å². The van der Waals surface area contributed by atoms with Gasteiger partial charge < -0.3 is 15.0 Å². The topological polar surface area (TPSA) is 63.2 Å². The molecule has 3 nitrogen and oxygen atoms in total. The molecule has 0 aromatic rings. The van der Waals surface area contributed by atoms with E-state index in [4.69, 9.17) is 0 Å². The molecule has 0 aromatic carbocycles. The summed E-state index contributed by atoms with van der Waals surface area (Å²) in [5, 5.41) is 19.8. The van der Waals surface area contributed by atoms with Gasteiger partial charge in [0.05, 0.1) is 0 Å². The van der Waals surface area contributed by atoms with Crippen LogP contribution in [0.1, 0.15) is 129 Å². The van der Waals surface area contributed by atoms with Gasteiger partial charge >= 0.3 is 26.2 Å². The van der Waals surface area contributed by atoms with E-state index < -0.39 is 5.97 Å². The molecule has 0 fully saturated rings. The number of carboxylic acids is 1. The molecule has 0 saturated carbocycles. The molecule has 0 heterocycles. The van der Waals surface area contributed by atoms with Crippen molar-refractivity contribution in [3.8, 4) is 0 Å². The fourth-order valence-electron chi connectivity index (χ4n) is 2.78. The van der Waals surface area contributed by atoms with Crippen molar-refractivity contribution in [1.82, 2.24) is 0 Å². The first kappa shape index (κ1) is 31.0. The Morgan fingerprint density at radius 2 is 0.885 bits per heavy atom. The molecule has 0 aliphatic rings. The van der Waals surface area contributed by atoms with Gasteiger partial charge in [-0.2, -0.15) is 0 Å². The van der Waals surface area contributed by atoms with E-state index in [1.54, 1.807) is 0 Å². The zero-order chi connectivity index (χ0) is 19.0. The Labute approximate surface area is 182 Å². The predicted octanol–water partition coefficient (Wildman–Crippen LogP) is 5.14. The molecule has 4 heteroatoms.